The van der Waals surface area contributed by atoms with Crippen LogP contribution in [0.5, 0.6) is 0 Å². The Bertz CT molecular complexity index is 833. The van der Waals surface area contributed by atoms with Gasteiger partial charge in [0.05, 0.1) is 18.3 Å². The smallest absolute Gasteiger partial charge is 0.132 e. The quantitative estimate of drug-likeness (QED) is 0.431. The Morgan fingerprint density at radius 2 is 1.88 bits per heavy atom. The minimum atomic E-state index is -0.713. The number of fused-ring (bicyclic) bond motifs is 6. The maximum absolute atomic E-state index is 11.5. The summed E-state index contributed by atoms with van der Waals surface area (Å²) in [5.41, 5.74) is 1.21. The number of epoxide rings is 1. The van der Waals surface area contributed by atoms with E-state index >= 15 is 0 Å². The molecule has 0 aromatic carbocycles. The molecule has 0 amide bonds. The molecule has 4 aliphatic carbocycles. The average Bonchev–Trinajstić information content (AvgIpc) is 3.33. The largest absolute Gasteiger partial charge is 0.393 e. The maximum atomic E-state index is 11.5. The first kappa shape index (κ1) is 23.1. The molecule has 1 saturated heterocycles. The molecule has 5 rings (SSSR count). The van der Waals surface area contributed by atoms with Crippen molar-refractivity contribution in [1.82, 2.24) is 0 Å². The van der Waals surface area contributed by atoms with Crippen molar-refractivity contribution < 1.29 is 20.1 Å². The molecule has 0 radical (unpaired) electrons. The van der Waals surface area contributed by atoms with Gasteiger partial charge in [0.25, 0.3) is 0 Å². The van der Waals surface area contributed by atoms with Gasteiger partial charge in [0.15, 0.2) is 0 Å². The zero-order valence-corrected chi connectivity index (χ0v) is 20.7. The van der Waals surface area contributed by atoms with Crippen molar-refractivity contribution in [2.45, 2.75) is 115 Å². The van der Waals surface area contributed by atoms with Crippen molar-refractivity contribution in [3.05, 3.63) is 23.8 Å². The van der Waals surface area contributed by atoms with E-state index in [0.29, 0.717) is 30.1 Å². The third-order valence-electron chi connectivity index (χ3n) is 11.2. The maximum Gasteiger partial charge on any atom is 0.132 e. The molecule has 32 heavy (non-hydrogen) atoms. The second-order valence-electron chi connectivity index (χ2n) is 12.8. The lowest BCUT2D eigenvalue weighted by molar-refractivity contribution is -0.0607. The minimum Gasteiger partial charge on any atom is -0.393 e. The van der Waals surface area contributed by atoms with Gasteiger partial charge in [-0.05, 0) is 87.4 Å². The molecule has 3 N–H and O–H groups in total. The Kier molecular flexibility index (Phi) is 5.17. The summed E-state index contributed by atoms with van der Waals surface area (Å²) in [5.74, 6) is 1.89. The van der Waals surface area contributed by atoms with E-state index in [4.69, 9.17) is 4.74 Å². The Balaban J connectivity index is 1.43. The molecule has 1 aliphatic heterocycles. The van der Waals surface area contributed by atoms with Crippen LogP contribution in [0.1, 0.15) is 86.0 Å². The van der Waals surface area contributed by atoms with Gasteiger partial charge in [-0.15, -0.1) is 0 Å². The highest BCUT2D eigenvalue weighted by molar-refractivity contribution is 5.35. The fourth-order valence-corrected chi connectivity index (χ4v) is 9.03. The molecule has 1 spiro atoms. The van der Waals surface area contributed by atoms with E-state index in [1.807, 2.05) is 6.92 Å². The number of rotatable bonds is 4. The first-order valence-corrected chi connectivity index (χ1v) is 13.0. The Labute approximate surface area is 194 Å². The second kappa shape index (κ2) is 7.16. The summed E-state index contributed by atoms with van der Waals surface area (Å²) in [6.07, 6.45) is 8.41. The van der Waals surface area contributed by atoms with Crippen molar-refractivity contribution in [2.75, 3.05) is 0 Å². The summed E-state index contributed by atoms with van der Waals surface area (Å²) < 4.78 is 6.52. The summed E-state index contributed by atoms with van der Waals surface area (Å²) in [6, 6.07) is 0. The van der Waals surface area contributed by atoms with Crippen LogP contribution in [0.25, 0.3) is 0 Å². The molecule has 10 unspecified atom stereocenters. The zero-order valence-electron chi connectivity index (χ0n) is 20.7. The van der Waals surface area contributed by atoms with E-state index < -0.39 is 23.4 Å². The topological polar surface area (TPSA) is 73.2 Å². The fourth-order valence-electron chi connectivity index (χ4n) is 9.03. The molecule has 5 aliphatic rings. The van der Waals surface area contributed by atoms with E-state index in [9.17, 15) is 15.3 Å². The van der Waals surface area contributed by atoms with Gasteiger partial charge in [-0.25, -0.2) is 0 Å². The predicted molar refractivity (Wildman–Crippen MR) is 126 cm³/mol. The Morgan fingerprint density at radius 3 is 2.56 bits per heavy atom. The first-order chi connectivity index (χ1) is 14.9. The predicted octanol–water partition coefficient (Wildman–Crippen LogP) is 4.77. The number of ether oxygens (including phenoxy) is 1. The van der Waals surface area contributed by atoms with Crippen LogP contribution in [0, 0.1) is 34.5 Å². The molecule has 0 bridgehead atoms. The SMILES string of the molecule is C=C(CC(O)C1(C)OC12C(O)CC1C3CC=C4CC(O)CCC4(C)C3CCC12C)C(C)C. The molecule has 4 nitrogen and oxygen atoms in total. The van der Waals surface area contributed by atoms with Gasteiger partial charge in [-0.3, -0.25) is 0 Å². The van der Waals surface area contributed by atoms with Crippen LogP contribution in [0.3, 0.4) is 0 Å². The van der Waals surface area contributed by atoms with E-state index in [0.717, 1.165) is 50.5 Å². The van der Waals surface area contributed by atoms with Crippen LogP contribution in [-0.2, 0) is 4.74 Å². The van der Waals surface area contributed by atoms with Crippen LogP contribution in [0.4, 0.5) is 0 Å². The molecule has 4 fully saturated rings. The molecule has 0 aromatic heterocycles. The molecule has 180 valence electrons. The van der Waals surface area contributed by atoms with Gasteiger partial charge >= 0.3 is 0 Å². The van der Waals surface area contributed by atoms with Gasteiger partial charge < -0.3 is 20.1 Å². The van der Waals surface area contributed by atoms with Crippen LogP contribution >= 0.6 is 0 Å². The number of aliphatic hydroxyl groups excluding tert-OH is 3. The molecular formula is C28H44O4. The van der Waals surface area contributed by atoms with Crippen molar-refractivity contribution in [1.29, 1.82) is 0 Å². The average molecular weight is 445 g/mol. The Morgan fingerprint density at radius 1 is 1.16 bits per heavy atom. The summed E-state index contributed by atoms with van der Waals surface area (Å²) in [4.78, 5) is 0. The molecule has 1 heterocycles. The van der Waals surface area contributed by atoms with Gasteiger partial charge in [-0.1, -0.05) is 51.5 Å². The normalized spacial score (nSPS) is 52.8. The number of allylic oxidation sites excluding steroid dienone is 1. The van der Waals surface area contributed by atoms with Crippen molar-refractivity contribution in [3.63, 3.8) is 0 Å². The third-order valence-corrected chi connectivity index (χ3v) is 11.2. The zero-order chi connectivity index (χ0) is 23.3. The van der Waals surface area contributed by atoms with E-state index in [2.05, 4.69) is 40.3 Å². The monoisotopic (exact) mass is 444 g/mol. The lowest BCUT2D eigenvalue weighted by Crippen LogP contribution is -2.55. The highest BCUT2D eigenvalue weighted by Gasteiger charge is 2.85. The summed E-state index contributed by atoms with van der Waals surface area (Å²) in [6.45, 7) is 15.2. The molecule has 3 saturated carbocycles. The number of aliphatic hydroxyl groups is 3. The van der Waals surface area contributed by atoms with Gasteiger partial charge in [0, 0.05) is 5.41 Å². The van der Waals surface area contributed by atoms with Gasteiger partial charge in [0.1, 0.15) is 11.2 Å². The van der Waals surface area contributed by atoms with Crippen LogP contribution < -0.4 is 0 Å². The summed E-state index contributed by atoms with van der Waals surface area (Å²) in [5, 5.41) is 32.9. The lowest BCUT2D eigenvalue weighted by Gasteiger charge is -2.57. The minimum absolute atomic E-state index is 0.127. The molecule has 10 atom stereocenters. The fraction of sp³-hybridized carbons (Fsp3) is 0.857. The van der Waals surface area contributed by atoms with E-state index in [-0.39, 0.29) is 16.9 Å². The van der Waals surface area contributed by atoms with E-state index in [1.54, 1.807) is 0 Å². The van der Waals surface area contributed by atoms with Gasteiger partial charge in [-0.2, -0.15) is 0 Å². The summed E-state index contributed by atoms with van der Waals surface area (Å²) >= 11 is 0. The molecule has 0 aromatic rings. The van der Waals surface area contributed by atoms with Crippen LogP contribution in [-0.4, -0.2) is 44.8 Å². The second-order valence-corrected chi connectivity index (χ2v) is 12.8. The van der Waals surface area contributed by atoms with Crippen molar-refractivity contribution in [3.8, 4) is 0 Å². The Hall–Kier alpha value is -0.680. The first-order valence-electron chi connectivity index (χ1n) is 13.0. The van der Waals surface area contributed by atoms with Crippen molar-refractivity contribution >= 4 is 0 Å². The standard InChI is InChI=1S/C28H44O4/c1-16(2)17(3)13-23(30)27(6)28(32-27)24(31)15-22-20-8-7-18-14-19(29)9-11-25(18,4)21(20)10-12-26(22,28)5/h7,16,19-24,29-31H,3,8-15H2,1-2,4-6H3. The summed E-state index contributed by atoms with van der Waals surface area (Å²) in [7, 11) is 0. The molecular weight excluding hydrogens is 400 g/mol. The molecule has 4 heteroatoms. The van der Waals surface area contributed by atoms with Crippen molar-refractivity contribution in [2.24, 2.45) is 34.5 Å². The van der Waals surface area contributed by atoms with E-state index in [1.165, 1.54) is 5.57 Å². The number of hydrogen-bond donors (Lipinski definition) is 3. The highest BCUT2D eigenvalue weighted by atomic mass is 16.7. The highest BCUT2D eigenvalue weighted by Crippen LogP contribution is 2.76. The lowest BCUT2D eigenvalue weighted by atomic mass is 9.46. The van der Waals surface area contributed by atoms with Crippen LogP contribution in [0.2, 0.25) is 0 Å². The van der Waals surface area contributed by atoms with Gasteiger partial charge in [0.2, 0.25) is 0 Å². The third kappa shape index (κ3) is 2.76. The number of hydrogen-bond acceptors (Lipinski definition) is 4. The van der Waals surface area contributed by atoms with Crippen LogP contribution in [0.15, 0.2) is 23.8 Å².